The topological polar surface area (TPSA) is 79.1 Å². The number of aryl methyl sites for hydroxylation is 2. The summed E-state index contributed by atoms with van der Waals surface area (Å²) < 4.78 is 0. The Morgan fingerprint density at radius 2 is 2.24 bits per heavy atom. The van der Waals surface area contributed by atoms with E-state index >= 15 is 0 Å². The van der Waals surface area contributed by atoms with Crippen molar-refractivity contribution >= 4 is 16.9 Å². The van der Waals surface area contributed by atoms with Crippen LogP contribution in [0.4, 0.5) is 0 Å². The number of carbonyl (C=O) groups is 1. The molecule has 0 radical (unpaired) electrons. The molecule has 0 aliphatic heterocycles. The zero-order valence-corrected chi connectivity index (χ0v) is 9.36. The fourth-order valence-corrected chi connectivity index (χ4v) is 2.60. The number of carboxylic acids is 1. The SMILES string of the molecule is NC(C(=O)O)c1ccc2[nH]c3c(c2c1)CCC3. The number of nitrogens with one attached hydrogen (secondary N) is 1. The monoisotopic (exact) mass is 230 g/mol. The number of hydrogen-bond acceptors (Lipinski definition) is 2. The number of nitrogens with two attached hydrogens (primary N) is 1. The van der Waals surface area contributed by atoms with Crippen LogP contribution < -0.4 is 5.73 Å². The molecule has 1 heterocycles. The molecule has 0 spiro atoms. The molecule has 17 heavy (non-hydrogen) atoms. The van der Waals surface area contributed by atoms with Crippen LogP contribution in [0.1, 0.15) is 29.3 Å². The van der Waals surface area contributed by atoms with Gasteiger partial charge in [-0.25, -0.2) is 0 Å². The minimum atomic E-state index is -0.989. The second-order valence-corrected chi connectivity index (χ2v) is 4.56. The lowest BCUT2D eigenvalue weighted by atomic mass is 10.0. The van der Waals surface area contributed by atoms with E-state index in [-0.39, 0.29) is 0 Å². The van der Waals surface area contributed by atoms with E-state index in [1.54, 1.807) is 6.07 Å². The van der Waals surface area contributed by atoms with Crippen molar-refractivity contribution in [2.24, 2.45) is 5.73 Å². The molecule has 0 fully saturated rings. The van der Waals surface area contributed by atoms with Gasteiger partial charge in [0.2, 0.25) is 0 Å². The van der Waals surface area contributed by atoms with Gasteiger partial charge in [-0.15, -0.1) is 0 Å². The molecular weight excluding hydrogens is 216 g/mol. The van der Waals surface area contributed by atoms with Gasteiger partial charge in [-0.3, -0.25) is 4.79 Å². The molecule has 4 N–H and O–H groups in total. The summed E-state index contributed by atoms with van der Waals surface area (Å²) in [7, 11) is 0. The Balaban J connectivity index is 2.15. The van der Waals surface area contributed by atoms with Gasteiger partial charge in [-0.1, -0.05) is 6.07 Å². The molecule has 1 atom stereocenters. The number of carboxylic acid groups (broad SMARTS) is 1. The highest BCUT2D eigenvalue weighted by molar-refractivity contribution is 5.87. The van der Waals surface area contributed by atoms with Gasteiger partial charge in [0.1, 0.15) is 6.04 Å². The normalized spacial score (nSPS) is 16.1. The smallest absolute Gasteiger partial charge is 0.325 e. The van der Waals surface area contributed by atoms with Crippen molar-refractivity contribution in [1.29, 1.82) is 0 Å². The highest BCUT2D eigenvalue weighted by Crippen LogP contribution is 2.31. The van der Waals surface area contributed by atoms with Gasteiger partial charge in [0.15, 0.2) is 0 Å². The van der Waals surface area contributed by atoms with E-state index in [0.29, 0.717) is 5.56 Å². The molecule has 4 heteroatoms. The average molecular weight is 230 g/mol. The van der Waals surface area contributed by atoms with Crippen molar-refractivity contribution in [2.75, 3.05) is 0 Å². The van der Waals surface area contributed by atoms with Crippen LogP contribution in [-0.4, -0.2) is 16.1 Å². The van der Waals surface area contributed by atoms with E-state index in [1.807, 2.05) is 12.1 Å². The zero-order chi connectivity index (χ0) is 12.0. The summed E-state index contributed by atoms with van der Waals surface area (Å²) in [6.45, 7) is 0. The molecule has 1 aliphatic rings. The maximum atomic E-state index is 10.9. The fourth-order valence-electron chi connectivity index (χ4n) is 2.60. The van der Waals surface area contributed by atoms with Gasteiger partial charge in [0.05, 0.1) is 0 Å². The van der Waals surface area contributed by atoms with Gasteiger partial charge >= 0.3 is 5.97 Å². The highest BCUT2D eigenvalue weighted by atomic mass is 16.4. The van der Waals surface area contributed by atoms with Gasteiger partial charge in [-0.05, 0) is 42.5 Å². The van der Waals surface area contributed by atoms with E-state index in [0.717, 1.165) is 23.7 Å². The number of aromatic nitrogens is 1. The zero-order valence-electron chi connectivity index (χ0n) is 9.36. The largest absolute Gasteiger partial charge is 0.480 e. The first kappa shape index (κ1) is 10.4. The number of aromatic amines is 1. The van der Waals surface area contributed by atoms with E-state index in [9.17, 15) is 4.79 Å². The van der Waals surface area contributed by atoms with E-state index < -0.39 is 12.0 Å². The summed E-state index contributed by atoms with van der Waals surface area (Å²) in [4.78, 5) is 14.3. The molecule has 0 saturated heterocycles. The van der Waals surface area contributed by atoms with Crippen LogP contribution in [0.3, 0.4) is 0 Å². The van der Waals surface area contributed by atoms with Crippen molar-refractivity contribution in [3.05, 3.63) is 35.0 Å². The Morgan fingerprint density at radius 3 is 3.00 bits per heavy atom. The van der Waals surface area contributed by atoms with Crippen molar-refractivity contribution in [1.82, 2.24) is 4.98 Å². The first-order valence-corrected chi connectivity index (χ1v) is 5.78. The minimum Gasteiger partial charge on any atom is -0.480 e. The lowest BCUT2D eigenvalue weighted by Gasteiger charge is -2.07. The first-order chi connectivity index (χ1) is 8.16. The van der Waals surface area contributed by atoms with Crippen molar-refractivity contribution in [3.8, 4) is 0 Å². The maximum Gasteiger partial charge on any atom is 0.325 e. The van der Waals surface area contributed by atoms with Gasteiger partial charge < -0.3 is 15.8 Å². The predicted octanol–water partition coefficient (Wildman–Crippen LogP) is 1.74. The van der Waals surface area contributed by atoms with E-state index in [1.165, 1.54) is 17.7 Å². The van der Waals surface area contributed by atoms with Crippen LogP contribution >= 0.6 is 0 Å². The molecule has 4 nitrogen and oxygen atoms in total. The van der Waals surface area contributed by atoms with Crippen LogP contribution in [0, 0.1) is 0 Å². The summed E-state index contributed by atoms with van der Waals surface area (Å²) in [5.41, 5.74) is 10.0. The average Bonchev–Trinajstić information content (AvgIpc) is 2.87. The number of hydrogen-bond donors (Lipinski definition) is 3. The Bertz CT molecular complexity index is 601. The summed E-state index contributed by atoms with van der Waals surface area (Å²) in [5, 5.41) is 10.0. The Morgan fingerprint density at radius 1 is 1.41 bits per heavy atom. The van der Waals surface area contributed by atoms with Crippen LogP contribution in [0.25, 0.3) is 10.9 Å². The molecule has 2 aromatic rings. The van der Waals surface area contributed by atoms with Gasteiger partial charge in [0, 0.05) is 16.6 Å². The molecule has 1 aromatic carbocycles. The Kier molecular flexibility index (Phi) is 2.19. The van der Waals surface area contributed by atoms with Crippen molar-refractivity contribution < 1.29 is 9.90 Å². The fraction of sp³-hybridized carbons (Fsp3) is 0.308. The summed E-state index contributed by atoms with van der Waals surface area (Å²) >= 11 is 0. The summed E-state index contributed by atoms with van der Waals surface area (Å²) in [6.07, 6.45) is 3.33. The van der Waals surface area contributed by atoms with E-state index in [2.05, 4.69) is 4.98 Å². The van der Waals surface area contributed by atoms with Crippen LogP contribution in [-0.2, 0) is 17.6 Å². The third-order valence-corrected chi connectivity index (χ3v) is 3.50. The molecule has 1 unspecified atom stereocenters. The molecular formula is C13H14N2O2. The molecule has 0 bridgehead atoms. The van der Waals surface area contributed by atoms with E-state index in [4.69, 9.17) is 10.8 Å². The number of H-pyrrole nitrogens is 1. The predicted molar refractivity (Wildman–Crippen MR) is 64.9 cm³/mol. The number of benzene rings is 1. The third-order valence-electron chi connectivity index (χ3n) is 3.50. The molecule has 88 valence electrons. The molecule has 3 rings (SSSR count). The van der Waals surface area contributed by atoms with Crippen LogP contribution in [0.15, 0.2) is 18.2 Å². The van der Waals surface area contributed by atoms with Crippen molar-refractivity contribution in [3.63, 3.8) is 0 Å². The number of fused-ring (bicyclic) bond motifs is 3. The molecule has 1 aliphatic carbocycles. The minimum absolute atomic E-state index is 0.665. The van der Waals surface area contributed by atoms with Gasteiger partial charge in [0.25, 0.3) is 0 Å². The lowest BCUT2D eigenvalue weighted by molar-refractivity contribution is -0.138. The highest BCUT2D eigenvalue weighted by Gasteiger charge is 2.19. The van der Waals surface area contributed by atoms with Crippen LogP contribution in [0.5, 0.6) is 0 Å². The first-order valence-electron chi connectivity index (χ1n) is 5.78. The Hall–Kier alpha value is -1.81. The van der Waals surface area contributed by atoms with Crippen molar-refractivity contribution in [2.45, 2.75) is 25.3 Å². The molecule has 0 amide bonds. The second-order valence-electron chi connectivity index (χ2n) is 4.56. The Labute approximate surface area is 98.4 Å². The lowest BCUT2D eigenvalue weighted by Crippen LogP contribution is -2.20. The standard InChI is InChI=1S/C13H14N2O2/c14-12(13(16)17)7-4-5-11-9(6-7)8-2-1-3-10(8)15-11/h4-6,12,15H,1-3,14H2,(H,16,17). The maximum absolute atomic E-state index is 10.9. The summed E-state index contributed by atoms with van der Waals surface area (Å²) in [6, 6.07) is 4.68. The van der Waals surface area contributed by atoms with Crippen LogP contribution in [0.2, 0.25) is 0 Å². The number of aliphatic carboxylic acids is 1. The number of rotatable bonds is 2. The molecule has 0 saturated carbocycles. The molecule has 1 aromatic heterocycles. The summed E-state index contributed by atoms with van der Waals surface area (Å²) in [5.74, 6) is -0.989. The third kappa shape index (κ3) is 1.52. The second kappa shape index (κ2) is 3.60. The quantitative estimate of drug-likeness (QED) is 0.735. The van der Waals surface area contributed by atoms with Gasteiger partial charge in [-0.2, -0.15) is 0 Å².